The molecule has 8 heteroatoms. The van der Waals surface area contributed by atoms with Crippen molar-refractivity contribution >= 4 is 11.9 Å². The molecule has 0 aliphatic rings. The first-order valence-corrected chi connectivity index (χ1v) is 8.42. The zero-order chi connectivity index (χ0) is 19.3. The summed E-state index contributed by atoms with van der Waals surface area (Å²) in [5, 5.41) is 18.9. The molecule has 0 aliphatic heterocycles. The Morgan fingerprint density at radius 1 is 1.31 bits per heavy atom. The first kappa shape index (κ1) is 19.4. The highest BCUT2D eigenvalue weighted by molar-refractivity contribution is 5.80. The summed E-state index contributed by atoms with van der Waals surface area (Å²) in [5.74, 6) is -0.226. The third kappa shape index (κ3) is 5.30. The van der Waals surface area contributed by atoms with Gasteiger partial charge in [-0.1, -0.05) is 25.1 Å². The van der Waals surface area contributed by atoms with Gasteiger partial charge in [0.05, 0.1) is 12.7 Å². The first-order valence-electron chi connectivity index (χ1n) is 8.42. The quantitative estimate of drug-likeness (QED) is 0.744. The maximum Gasteiger partial charge on any atom is 0.325 e. The smallest absolute Gasteiger partial charge is 0.325 e. The number of carboxylic acid groups (broad SMARTS) is 1. The lowest BCUT2D eigenvalue weighted by Crippen LogP contribution is -2.36. The molecule has 2 aromatic rings. The topological polar surface area (TPSA) is 106 Å². The zero-order valence-corrected chi connectivity index (χ0v) is 15.4. The largest absolute Gasteiger partial charge is 0.481 e. The molecule has 0 saturated carbocycles. The van der Waals surface area contributed by atoms with Gasteiger partial charge in [0.25, 0.3) is 5.91 Å². The van der Waals surface area contributed by atoms with Crippen molar-refractivity contribution in [1.29, 1.82) is 0 Å². The minimum absolute atomic E-state index is 0.150. The Hall–Kier alpha value is -2.90. The third-order valence-corrected chi connectivity index (χ3v) is 3.87. The van der Waals surface area contributed by atoms with Gasteiger partial charge in [0.1, 0.15) is 18.0 Å². The molecule has 1 aromatic carbocycles. The summed E-state index contributed by atoms with van der Waals surface area (Å²) in [7, 11) is 0. The number of benzene rings is 1. The number of rotatable bonds is 8. The van der Waals surface area contributed by atoms with Gasteiger partial charge < -0.3 is 15.2 Å². The van der Waals surface area contributed by atoms with E-state index in [1.807, 2.05) is 25.1 Å². The lowest BCUT2D eigenvalue weighted by atomic mass is 9.98. The van der Waals surface area contributed by atoms with Crippen molar-refractivity contribution < 1.29 is 19.4 Å². The van der Waals surface area contributed by atoms with Crippen LogP contribution in [0.1, 0.15) is 43.5 Å². The molecule has 2 rings (SSSR count). The molecule has 140 valence electrons. The second-order valence-corrected chi connectivity index (χ2v) is 6.45. The Balaban J connectivity index is 1.88. The van der Waals surface area contributed by atoms with Crippen LogP contribution in [0.25, 0.3) is 0 Å². The minimum atomic E-state index is -1.01. The van der Waals surface area contributed by atoms with Crippen LogP contribution < -0.4 is 10.1 Å². The van der Waals surface area contributed by atoms with E-state index in [1.54, 1.807) is 6.92 Å². The van der Waals surface area contributed by atoms with Crippen molar-refractivity contribution in [2.45, 2.75) is 52.8 Å². The molecule has 1 unspecified atom stereocenters. The van der Waals surface area contributed by atoms with Crippen LogP contribution in [0.4, 0.5) is 0 Å². The number of carboxylic acids is 1. The summed E-state index contributed by atoms with van der Waals surface area (Å²) in [4.78, 5) is 22.8. The molecule has 2 N–H and O–H groups in total. The highest BCUT2D eigenvalue weighted by Crippen LogP contribution is 2.24. The summed E-state index contributed by atoms with van der Waals surface area (Å²) < 4.78 is 6.90. The number of ether oxygens (including phenoxy) is 1. The number of nitrogens with one attached hydrogen (secondary N) is 1. The van der Waals surface area contributed by atoms with Crippen LogP contribution in [0.5, 0.6) is 5.75 Å². The van der Waals surface area contributed by atoms with E-state index in [2.05, 4.69) is 29.5 Å². The zero-order valence-electron chi connectivity index (χ0n) is 15.4. The number of amides is 1. The lowest BCUT2D eigenvalue weighted by molar-refractivity contribution is -0.138. The molecular weight excluding hydrogens is 336 g/mol. The molecule has 0 spiro atoms. The average Bonchev–Trinajstić information content (AvgIpc) is 2.98. The van der Waals surface area contributed by atoms with Gasteiger partial charge in [-0.25, -0.2) is 4.68 Å². The highest BCUT2D eigenvalue weighted by Gasteiger charge is 2.16. The summed E-state index contributed by atoms with van der Waals surface area (Å²) in [5.41, 5.74) is 2.85. The Bertz CT molecular complexity index is 785. The summed E-state index contributed by atoms with van der Waals surface area (Å²) >= 11 is 0. The van der Waals surface area contributed by atoms with Crippen molar-refractivity contribution in [3.63, 3.8) is 0 Å². The van der Waals surface area contributed by atoms with Crippen LogP contribution in [-0.4, -0.2) is 38.1 Å². The van der Waals surface area contributed by atoms with Crippen LogP contribution in [0.2, 0.25) is 0 Å². The Labute approximate surface area is 152 Å². The van der Waals surface area contributed by atoms with Gasteiger partial charge in [0.15, 0.2) is 6.10 Å². The van der Waals surface area contributed by atoms with Gasteiger partial charge >= 0.3 is 5.97 Å². The van der Waals surface area contributed by atoms with E-state index in [9.17, 15) is 9.59 Å². The molecule has 0 radical (unpaired) electrons. The highest BCUT2D eigenvalue weighted by atomic mass is 16.5. The molecule has 0 saturated heterocycles. The molecule has 1 aromatic heterocycles. The van der Waals surface area contributed by atoms with Crippen molar-refractivity contribution in [3.05, 3.63) is 41.2 Å². The SMILES string of the molecule is Cc1cc(OC(C)C(=O)NCc2cn(CC(=O)O)nn2)ccc1C(C)C. The summed E-state index contributed by atoms with van der Waals surface area (Å²) in [6.45, 7) is 7.83. The van der Waals surface area contributed by atoms with E-state index in [0.29, 0.717) is 17.4 Å². The van der Waals surface area contributed by atoms with Crippen LogP contribution in [0.3, 0.4) is 0 Å². The third-order valence-electron chi connectivity index (χ3n) is 3.87. The van der Waals surface area contributed by atoms with Crippen molar-refractivity contribution in [3.8, 4) is 5.75 Å². The molecule has 0 bridgehead atoms. The van der Waals surface area contributed by atoms with E-state index in [4.69, 9.17) is 9.84 Å². The Morgan fingerprint density at radius 2 is 2.04 bits per heavy atom. The maximum atomic E-state index is 12.2. The molecule has 1 atom stereocenters. The number of aliphatic carboxylic acids is 1. The van der Waals surface area contributed by atoms with E-state index < -0.39 is 12.1 Å². The van der Waals surface area contributed by atoms with Crippen LogP contribution >= 0.6 is 0 Å². The fourth-order valence-electron chi connectivity index (χ4n) is 2.58. The number of carbonyl (C=O) groups excluding carboxylic acids is 1. The summed E-state index contributed by atoms with van der Waals surface area (Å²) in [6, 6.07) is 5.81. The van der Waals surface area contributed by atoms with Crippen LogP contribution in [-0.2, 0) is 22.7 Å². The van der Waals surface area contributed by atoms with E-state index >= 15 is 0 Å². The monoisotopic (exact) mass is 360 g/mol. The van der Waals surface area contributed by atoms with Gasteiger partial charge in [0, 0.05) is 0 Å². The normalized spacial score (nSPS) is 12.0. The Kier molecular flexibility index (Phi) is 6.32. The minimum Gasteiger partial charge on any atom is -0.481 e. The fraction of sp³-hybridized carbons (Fsp3) is 0.444. The fourth-order valence-corrected chi connectivity index (χ4v) is 2.58. The molecule has 1 heterocycles. The second-order valence-electron chi connectivity index (χ2n) is 6.45. The predicted octanol–water partition coefficient (Wildman–Crippen LogP) is 1.88. The average molecular weight is 360 g/mol. The number of nitrogens with zero attached hydrogens (tertiary/aromatic N) is 3. The van der Waals surface area contributed by atoms with Crippen LogP contribution in [0.15, 0.2) is 24.4 Å². The van der Waals surface area contributed by atoms with Crippen LogP contribution in [0, 0.1) is 6.92 Å². The van der Waals surface area contributed by atoms with Crippen molar-refractivity contribution in [2.24, 2.45) is 0 Å². The van der Waals surface area contributed by atoms with E-state index in [-0.39, 0.29) is 19.0 Å². The van der Waals surface area contributed by atoms with Gasteiger partial charge in [-0.2, -0.15) is 0 Å². The molecule has 1 amide bonds. The van der Waals surface area contributed by atoms with Gasteiger partial charge in [-0.15, -0.1) is 5.10 Å². The molecule has 0 aliphatic carbocycles. The summed E-state index contributed by atoms with van der Waals surface area (Å²) in [6.07, 6.45) is 0.807. The molecule has 8 nitrogen and oxygen atoms in total. The molecular formula is C18H24N4O4. The van der Waals surface area contributed by atoms with Gasteiger partial charge in [-0.05, 0) is 43.0 Å². The van der Waals surface area contributed by atoms with E-state index in [1.165, 1.54) is 16.4 Å². The lowest BCUT2D eigenvalue weighted by Gasteiger charge is -2.16. The van der Waals surface area contributed by atoms with Crippen molar-refractivity contribution in [1.82, 2.24) is 20.3 Å². The number of aromatic nitrogens is 3. The standard InChI is InChI=1S/C18H24N4O4/c1-11(2)16-6-5-15(7-12(16)3)26-13(4)18(25)19-8-14-9-22(21-20-14)10-17(23)24/h5-7,9,11,13H,8,10H2,1-4H3,(H,19,25)(H,23,24). The number of aryl methyl sites for hydroxylation is 1. The van der Waals surface area contributed by atoms with Crippen molar-refractivity contribution in [2.75, 3.05) is 0 Å². The second kappa shape index (κ2) is 8.46. The molecule has 26 heavy (non-hydrogen) atoms. The number of hydrogen-bond acceptors (Lipinski definition) is 5. The molecule has 0 fully saturated rings. The van der Waals surface area contributed by atoms with E-state index in [0.717, 1.165) is 5.56 Å². The number of hydrogen-bond donors (Lipinski definition) is 2. The Morgan fingerprint density at radius 3 is 2.65 bits per heavy atom. The van der Waals surface area contributed by atoms with Gasteiger partial charge in [0.2, 0.25) is 0 Å². The first-order chi connectivity index (χ1) is 12.3. The number of carbonyl (C=O) groups is 2. The predicted molar refractivity (Wildman–Crippen MR) is 94.9 cm³/mol. The maximum absolute atomic E-state index is 12.2. The van der Waals surface area contributed by atoms with Gasteiger partial charge in [-0.3, -0.25) is 9.59 Å².